The molecule has 0 aromatic rings. The Bertz CT molecular complexity index is 435. The Morgan fingerprint density at radius 1 is 1.07 bits per heavy atom. The Balaban J connectivity index is 0.00000420. The first-order chi connectivity index (χ1) is 13.6. The van der Waals surface area contributed by atoms with Gasteiger partial charge < -0.3 is 24.6 Å². The van der Waals surface area contributed by atoms with Crippen molar-refractivity contribution in [3.05, 3.63) is 0 Å². The molecule has 6 nitrogen and oxygen atoms in total. The predicted octanol–water partition coefficient (Wildman–Crippen LogP) is 3.46. The summed E-state index contributed by atoms with van der Waals surface area (Å²) in [5.41, 5.74) is 0. The van der Waals surface area contributed by atoms with E-state index in [-0.39, 0.29) is 24.0 Å². The van der Waals surface area contributed by atoms with Crippen LogP contribution in [0.5, 0.6) is 0 Å². The van der Waals surface area contributed by atoms with Crippen molar-refractivity contribution in [2.24, 2.45) is 16.8 Å². The molecule has 0 aliphatic carbocycles. The molecule has 0 bridgehead atoms. The molecule has 2 unspecified atom stereocenters. The molecule has 0 radical (unpaired) electrons. The summed E-state index contributed by atoms with van der Waals surface area (Å²) in [6.45, 7) is 16.1. The topological polar surface area (TPSA) is 49.3 Å². The largest absolute Gasteiger partial charge is 0.385 e. The van der Waals surface area contributed by atoms with Crippen LogP contribution >= 0.6 is 24.0 Å². The number of rotatable bonds is 10. The highest BCUT2D eigenvalue weighted by molar-refractivity contribution is 14.0. The van der Waals surface area contributed by atoms with Crippen LogP contribution in [0.2, 0.25) is 0 Å². The highest BCUT2D eigenvalue weighted by Crippen LogP contribution is 2.20. The summed E-state index contributed by atoms with van der Waals surface area (Å²) in [4.78, 5) is 9.96. The van der Waals surface area contributed by atoms with Crippen LogP contribution in [0.25, 0.3) is 0 Å². The number of ether oxygens (including phenoxy) is 2. The summed E-state index contributed by atoms with van der Waals surface area (Å²) in [5, 5.41) is 3.48. The lowest BCUT2D eigenvalue weighted by molar-refractivity contribution is 0.00990. The second-order valence-corrected chi connectivity index (χ2v) is 8.70. The van der Waals surface area contributed by atoms with Crippen LogP contribution < -0.4 is 5.32 Å². The lowest BCUT2D eigenvalue weighted by Gasteiger charge is -2.35. The van der Waals surface area contributed by atoms with Gasteiger partial charge in [-0.05, 0) is 57.4 Å². The van der Waals surface area contributed by atoms with E-state index in [1.54, 1.807) is 7.11 Å². The van der Waals surface area contributed by atoms with Crippen molar-refractivity contribution >= 4 is 29.9 Å². The van der Waals surface area contributed by atoms with Gasteiger partial charge in [-0.1, -0.05) is 13.8 Å². The fourth-order valence-corrected chi connectivity index (χ4v) is 4.57. The van der Waals surface area contributed by atoms with E-state index in [0.717, 1.165) is 82.9 Å². The minimum absolute atomic E-state index is 0. The third-order valence-corrected chi connectivity index (χ3v) is 5.76. The van der Waals surface area contributed by atoms with E-state index in [1.165, 1.54) is 26.1 Å². The number of hydrogen-bond donors (Lipinski definition) is 1. The molecular weight excluding hydrogens is 479 g/mol. The van der Waals surface area contributed by atoms with Gasteiger partial charge in [0.2, 0.25) is 0 Å². The van der Waals surface area contributed by atoms with Crippen molar-refractivity contribution in [2.75, 3.05) is 66.1 Å². The summed E-state index contributed by atoms with van der Waals surface area (Å²) in [5.74, 6) is 2.76. The van der Waals surface area contributed by atoms with E-state index < -0.39 is 0 Å². The molecule has 0 spiro atoms. The first-order valence-electron chi connectivity index (χ1n) is 11.5. The maximum atomic E-state index is 5.98. The molecule has 172 valence electrons. The van der Waals surface area contributed by atoms with Gasteiger partial charge in [0, 0.05) is 59.6 Å². The minimum atomic E-state index is 0. The number of aliphatic imine (C=N–C) groups is 1. The molecule has 1 N–H and O–H groups in total. The van der Waals surface area contributed by atoms with E-state index in [4.69, 9.17) is 14.5 Å². The third kappa shape index (κ3) is 10.6. The van der Waals surface area contributed by atoms with E-state index in [1.807, 2.05) is 0 Å². The van der Waals surface area contributed by atoms with Crippen LogP contribution in [0.3, 0.4) is 0 Å². The average Bonchev–Trinajstić information content (AvgIpc) is 2.67. The van der Waals surface area contributed by atoms with Crippen LogP contribution in [0.4, 0.5) is 0 Å². The number of nitrogens with one attached hydrogen (secondary N) is 1. The lowest BCUT2D eigenvalue weighted by Crippen LogP contribution is -2.47. The first-order valence-corrected chi connectivity index (χ1v) is 11.5. The molecule has 7 heteroatoms. The lowest BCUT2D eigenvalue weighted by atomic mass is 9.92. The van der Waals surface area contributed by atoms with Gasteiger partial charge in [-0.2, -0.15) is 0 Å². The van der Waals surface area contributed by atoms with Gasteiger partial charge in [0.25, 0.3) is 0 Å². The molecule has 0 amide bonds. The van der Waals surface area contributed by atoms with Crippen LogP contribution in [0, 0.1) is 11.8 Å². The second kappa shape index (κ2) is 15.6. The molecule has 2 aliphatic heterocycles. The Kier molecular flexibility index (Phi) is 14.5. The highest BCUT2D eigenvalue weighted by Gasteiger charge is 2.23. The summed E-state index contributed by atoms with van der Waals surface area (Å²) < 4.78 is 11.1. The van der Waals surface area contributed by atoms with Crippen LogP contribution in [-0.2, 0) is 9.47 Å². The zero-order chi connectivity index (χ0) is 20.2. The van der Waals surface area contributed by atoms with E-state index in [0.29, 0.717) is 6.10 Å². The molecule has 0 saturated carbocycles. The molecular formula is C22H45IN4O2. The van der Waals surface area contributed by atoms with E-state index >= 15 is 0 Å². The van der Waals surface area contributed by atoms with E-state index in [2.05, 4.69) is 35.9 Å². The molecule has 29 heavy (non-hydrogen) atoms. The fourth-order valence-electron chi connectivity index (χ4n) is 4.57. The number of hydrogen-bond acceptors (Lipinski definition) is 4. The maximum Gasteiger partial charge on any atom is 0.193 e. The smallest absolute Gasteiger partial charge is 0.193 e. The normalized spacial score (nSPS) is 24.4. The van der Waals surface area contributed by atoms with Gasteiger partial charge in [-0.3, -0.25) is 4.99 Å². The second-order valence-electron chi connectivity index (χ2n) is 8.70. The van der Waals surface area contributed by atoms with Crippen molar-refractivity contribution in [1.29, 1.82) is 0 Å². The standard InChI is InChI=1S/C22H44N4O2.HI/c1-5-23-22(24-10-6-11-25-17-19(2)16-20(3)18-25)26-12-8-21(9-13-26)28-15-7-14-27-4;/h19-21H,5-18H2,1-4H3,(H,23,24);1H. The van der Waals surface area contributed by atoms with E-state index in [9.17, 15) is 0 Å². The summed E-state index contributed by atoms with van der Waals surface area (Å²) in [7, 11) is 1.74. The van der Waals surface area contributed by atoms with Crippen LogP contribution in [0.1, 0.15) is 52.9 Å². The third-order valence-electron chi connectivity index (χ3n) is 5.76. The molecule has 2 saturated heterocycles. The van der Waals surface area contributed by atoms with Gasteiger partial charge in [0.15, 0.2) is 5.96 Å². The number of likely N-dealkylation sites (tertiary alicyclic amines) is 2. The summed E-state index contributed by atoms with van der Waals surface area (Å²) >= 11 is 0. The Morgan fingerprint density at radius 2 is 1.76 bits per heavy atom. The zero-order valence-electron chi connectivity index (χ0n) is 19.2. The average molecular weight is 525 g/mol. The molecule has 0 aromatic carbocycles. The van der Waals surface area contributed by atoms with Crippen molar-refractivity contribution in [3.8, 4) is 0 Å². The Labute approximate surface area is 196 Å². The highest BCUT2D eigenvalue weighted by atomic mass is 127. The molecule has 2 aliphatic rings. The Morgan fingerprint density at radius 3 is 2.38 bits per heavy atom. The zero-order valence-corrected chi connectivity index (χ0v) is 21.5. The number of methoxy groups -OCH3 is 1. The van der Waals surface area contributed by atoms with Gasteiger partial charge in [0.05, 0.1) is 6.10 Å². The predicted molar refractivity (Wildman–Crippen MR) is 132 cm³/mol. The van der Waals surface area contributed by atoms with Crippen molar-refractivity contribution < 1.29 is 9.47 Å². The van der Waals surface area contributed by atoms with Gasteiger partial charge >= 0.3 is 0 Å². The molecule has 0 aromatic heterocycles. The number of piperidine rings is 2. The van der Waals surface area contributed by atoms with Crippen molar-refractivity contribution in [1.82, 2.24) is 15.1 Å². The van der Waals surface area contributed by atoms with Gasteiger partial charge in [-0.25, -0.2) is 0 Å². The molecule has 2 rings (SSSR count). The fraction of sp³-hybridized carbons (Fsp3) is 0.955. The number of nitrogens with zero attached hydrogens (tertiary/aromatic N) is 3. The van der Waals surface area contributed by atoms with Gasteiger partial charge in [0.1, 0.15) is 0 Å². The van der Waals surface area contributed by atoms with Crippen LogP contribution in [-0.4, -0.2) is 88.0 Å². The number of guanidine groups is 1. The molecule has 2 atom stereocenters. The van der Waals surface area contributed by atoms with Crippen LogP contribution in [0.15, 0.2) is 4.99 Å². The first kappa shape index (κ1) is 26.9. The molecule has 2 heterocycles. The summed E-state index contributed by atoms with van der Waals surface area (Å²) in [6, 6.07) is 0. The summed E-state index contributed by atoms with van der Waals surface area (Å²) in [6.07, 6.45) is 6.06. The van der Waals surface area contributed by atoms with Gasteiger partial charge in [-0.15, -0.1) is 24.0 Å². The SMILES string of the molecule is CCNC(=NCCCN1CC(C)CC(C)C1)N1CCC(OCCCOC)CC1.I. The van der Waals surface area contributed by atoms with Crippen molar-refractivity contribution in [2.45, 2.75) is 59.0 Å². The maximum absolute atomic E-state index is 5.98. The van der Waals surface area contributed by atoms with Crippen molar-refractivity contribution in [3.63, 3.8) is 0 Å². The monoisotopic (exact) mass is 524 g/mol. The Hall–Kier alpha value is -0.120. The molecule has 2 fully saturated rings. The quantitative estimate of drug-likeness (QED) is 0.205. The number of halogens is 1. The minimum Gasteiger partial charge on any atom is -0.385 e.